The summed E-state index contributed by atoms with van der Waals surface area (Å²) in [6, 6.07) is 14.8. The predicted molar refractivity (Wildman–Crippen MR) is 113 cm³/mol. The Balaban J connectivity index is 1.67. The van der Waals surface area contributed by atoms with Crippen LogP contribution in [0.4, 0.5) is 0 Å². The van der Waals surface area contributed by atoms with Gasteiger partial charge in [0.1, 0.15) is 0 Å². The molecule has 0 unspecified atom stereocenters. The second kappa shape index (κ2) is 8.46. The van der Waals surface area contributed by atoms with Crippen molar-refractivity contribution in [1.82, 2.24) is 10.2 Å². The van der Waals surface area contributed by atoms with E-state index in [0.717, 1.165) is 43.9 Å². The van der Waals surface area contributed by atoms with Crippen molar-refractivity contribution in [2.24, 2.45) is 5.92 Å². The molecule has 2 aromatic carbocycles. The summed E-state index contributed by atoms with van der Waals surface area (Å²) in [5.74, 6) is 1.88. The first kappa shape index (κ1) is 19.8. The van der Waals surface area contributed by atoms with E-state index in [9.17, 15) is 4.79 Å². The van der Waals surface area contributed by atoms with Gasteiger partial charge in [-0.25, -0.2) is 0 Å². The Labute approximate surface area is 173 Å². The van der Waals surface area contributed by atoms with Gasteiger partial charge in [-0.2, -0.15) is 0 Å². The fourth-order valence-electron chi connectivity index (χ4n) is 4.38. The van der Waals surface area contributed by atoms with E-state index in [1.165, 1.54) is 16.7 Å². The highest BCUT2D eigenvalue weighted by molar-refractivity contribution is 5.81. The molecule has 1 aliphatic carbocycles. The van der Waals surface area contributed by atoms with Crippen LogP contribution >= 0.6 is 0 Å². The van der Waals surface area contributed by atoms with E-state index in [1.54, 1.807) is 14.2 Å². The monoisotopic (exact) mass is 394 g/mol. The molecule has 29 heavy (non-hydrogen) atoms. The molecule has 5 nitrogen and oxygen atoms in total. The maximum absolute atomic E-state index is 12.5. The minimum absolute atomic E-state index is 0.00367. The highest BCUT2D eigenvalue weighted by Crippen LogP contribution is 2.40. The zero-order valence-electron chi connectivity index (χ0n) is 17.5. The topological polar surface area (TPSA) is 50.8 Å². The molecule has 1 N–H and O–H groups in total. The number of amides is 1. The van der Waals surface area contributed by atoms with Crippen molar-refractivity contribution in [1.29, 1.82) is 0 Å². The van der Waals surface area contributed by atoms with Crippen LogP contribution in [0.15, 0.2) is 42.5 Å². The lowest BCUT2D eigenvalue weighted by Crippen LogP contribution is -2.47. The highest BCUT2D eigenvalue weighted by Gasteiger charge is 2.36. The molecule has 1 saturated carbocycles. The van der Waals surface area contributed by atoms with E-state index in [4.69, 9.17) is 9.47 Å². The van der Waals surface area contributed by atoms with Crippen LogP contribution in [0.25, 0.3) is 0 Å². The number of carbonyl (C=O) groups is 1. The summed E-state index contributed by atoms with van der Waals surface area (Å²) in [4.78, 5) is 15.0. The van der Waals surface area contributed by atoms with Gasteiger partial charge >= 0.3 is 0 Å². The normalized spacial score (nSPS) is 19.9. The molecule has 0 aromatic heterocycles. The van der Waals surface area contributed by atoms with Gasteiger partial charge in [0, 0.05) is 25.0 Å². The van der Waals surface area contributed by atoms with Gasteiger partial charge in [0.25, 0.3) is 0 Å². The van der Waals surface area contributed by atoms with Crippen LogP contribution in [0.3, 0.4) is 0 Å². The molecule has 154 valence electrons. The first-order valence-corrected chi connectivity index (χ1v) is 10.4. The van der Waals surface area contributed by atoms with Crippen LogP contribution in [0.5, 0.6) is 11.5 Å². The van der Waals surface area contributed by atoms with E-state index >= 15 is 0 Å². The Kier molecular flexibility index (Phi) is 5.76. The lowest BCUT2D eigenvalue weighted by atomic mass is 9.87. The van der Waals surface area contributed by atoms with Gasteiger partial charge in [-0.15, -0.1) is 0 Å². The second-order valence-electron chi connectivity index (χ2n) is 8.13. The smallest absolute Gasteiger partial charge is 0.223 e. The molecular weight excluding hydrogens is 364 g/mol. The first-order chi connectivity index (χ1) is 14.1. The van der Waals surface area contributed by atoms with E-state index in [-0.39, 0.29) is 23.9 Å². The molecular formula is C24H30N2O3. The Morgan fingerprint density at radius 1 is 1.14 bits per heavy atom. The van der Waals surface area contributed by atoms with Crippen molar-refractivity contribution < 1.29 is 14.3 Å². The summed E-state index contributed by atoms with van der Waals surface area (Å²) in [6.07, 6.45) is 2.97. The zero-order valence-corrected chi connectivity index (χ0v) is 17.5. The fourth-order valence-corrected chi connectivity index (χ4v) is 4.38. The average Bonchev–Trinajstić information content (AvgIpc) is 3.58. The van der Waals surface area contributed by atoms with E-state index < -0.39 is 0 Å². The van der Waals surface area contributed by atoms with Crippen molar-refractivity contribution in [2.45, 2.75) is 44.8 Å². The molecule has 1 aliphatic heterocycles. The van der Waals surface area contributed by atoms with Crippen LogP contribution in [0, 0.1) is 5.92 Å². The van der Waals surface area contributed by atoms with Gasteiger partial charge in [0.05, 0.1) is 20.3 Å². The summed E-state index contributed by atoms with van der Waals surface area (Å²) in [5.41, 5.74) is 3.76. The summed E-state index contributed by atoms with van der Waals surface area (Å²) in [7, 11) is 3.34. The third-order valence-electron chi connectivity index (χ3n) is 6.05. The van der Waals surface area contributed by atoms with Gasteiger partial charge in [0.2, 0.25) is 5.91 Å². The number of benzene rings is 2. The molecule has 2 aliphatic rings. The average molecular weight is 395 g/mol. The molecule has 5 heteroatoms. The molecule has 2 aromatic rings. The first-order valence-electron chi connectivity index (χ1n) is 10.4. The molecule has 0 spiro atoms. The standard InChI is InChI=1S/C24H30N2O3/c1-16(25-24(27)18-9-10-18)23-20-14-22(29-3)21(28-2)13-19(20)11-12-26(23)15-17-7-5-4-6-8-17/h4-8,13-14,16,18,23H,9-12,15H2,1-3H3,(H,25,27)/t16-,23-/m0/s1. The van der Waals surface area contributed by atoms with Crippen molar-refractivity contribution in [2.75, 3.05) is 20.8 Å². The lowest BCUT2D eigenvalue weighted by Gasteiger charge is -2.41. The van der Waals surface area contributed by atoms with E-state index in [2.05, 4.69) is 53.5 Å². The van der Waals surface area contributed by atoms with Crippen LogP contribution in [-0.4, -0.2) is 37.6 Å². The lowest BCUT2D eigenvalue weighted by molar-refractivity contribution is -0.123. The maximum Gasteiger partial charge on any atom is 0.223 e. The molecule has 1 fully saturated rings. The molecule has 2 atom stereocenters. The zero-order chi connectivity index (χ0) is 20.4. The van der Waals surface area contributed by atoms with Crippen LogP contribution in [0.2, 0.25) is 0 Å². The minimum Gasteiger partial charge on any atom is -0.493 e. The summed E-state index contributed by atoms with van der Waals surface area (Å²) in [6.45, 7) is 3.91. The van der Waals surface area contributed by atoms with Crippen molar-refractivity contribution in [3.8, 4) is 11.5 Å². The number of rotatable bonds is 7. The SMILES string of the molecule is COc1cc2c(cc1OC)[C@H]([C@H](C)NC(=O)C1CC1)N(Cc1ccccc1)CC2. The number of ether oxygens (including phenoxy) is 2. The van der Waals surface area contributed by atoms with Crippen LogP contribution < -0.4 is 14.8 Å². The largest absolute Gasteiger partial charge is 0.493 e. The Bertz CT molecular complexity index is 864. The number of nitrogens with one attached hydrogen (secondary N) is 1. The molecule has 0 bridgehead atoms. The quantitative estimate of drug-likeness (QED) is 0.778. The van der Waals surface area contributed by atoms with Crippen molar-refractivity contribution in [3.05, 3.63) is 59.2 Å². The van der Waals surface area contributed by atoms with Crippen LogP contribution in [-0.2, 0) is 17.8 Å². The molecule has 1 heterocycles. The Hall–Kier alpha value is -2.53. The Morgan fingerprint density at radius 2 is 1.83 bits per heavy atom. The molecule has 1 amide bonds. The van der Waals surface area contributed by atoms with Gasteiger partial charge in [0.15, 0.2) is 11.5 Å². The number of fused-ring (bicyclic) bond motifs is 1. The number of carbonyl (C=O) groups excluding carboxylic acids is 1. The summed E-state index contributed by atoms with van der Waals surface area (Å²) < 4.78 is 11.1. The second-order valence-corrected chi connectivity index (χ2v) is 8.13. The third-order valence-corrected chi connectivity index (χ3v) is 6.05. The van der Waals surface area contributed by atoms with Crippen molar-refractivity contribution in [3.63, 3.8) is 0 Å². The van der Waals surface area contributed by atoms with Crippen molar-refractivity contribution >= 4 is 5.91 Å². The predicted octanol–water partition coefficient (Wildman–Crippen LogP) is 3.72. The minimum atomic E-state index is 0.00367. The van der Waals surface area contributed by atoms with E-state index in [0.29, 0.717) is 0 Å². The van der Waals surface area contributed by atoms with Crippen LogP contribution in [0.1, 0.15) is 42.5 Å². The van der Waals surface area contributed by atoms with Gasteiger partial charge in [-0.05, 0) is 55.0 Å². The molecule has 4 rings (SSSR count). The third kappa shape index (κ3) is 4.25. The number of hydrogen-bond acceptors (Lipinski definition) is 4. The van der Waals surface area contributed by atoms with Gasteiger partial charge in [-0.1, -0.05) is 30.3 Å². The highest BCUT2D eigenvalue weighted by atomic mass is 16.5. The summed E-state index contributed by atoms with van der Waals surface area (Å²) in [5, 5.41) is 3.28. The van der Waals surface area contributed by atoms with E-state index in [1.807, 2.05) is 6.07 Å². The Morgan fingerprint density at radius 3 is 2.48 bits per heavy atom. The number of nitrogens with zero attached hydrogens (tertiary/aromatic N) is 1. The molecule has 0 radical (unpaired) electrons. The number of hydrogen-bond donors (Lipinski definition) is 1. The maximum atomic E-state index is 12.5. The summed E-state index contributed by atoms with van der Waals surface area (Å²) >= 11 is 0. The fraction of sp³-hybridized carbons (Fsp3) is 0.458. The van der Waals surface area contributed by atoms with Gasteiger partial charge in [-0.3, -0.25) is 9.69 Å². The molecule has 0 saturated heterocycles. The van der Waals surface area contributed by atoms with Gasteiger partial charge < -0.3 is 14.8 Å². The number of methoxy groups -OCH3 is 2.